The number of carbonyl (C=O) groups excluding carboxylic acids is 1. The van der Waals surface area contributed by atoms with Gasteiger partial charge in [0.15, 0.2) is 9.84 Å². The van der Waals surface area contributed by atoms with Gasteiger partial charge in [0.05, 0.1) is 11.8 Å². The Balaban J connectivity index is 2.31. The number of nitrogens with zero attached hydrogens (tertiary/aromatic N) is 1. The Morgan fingerprint density at radius 1 is 1.39 bits per heavy atom. The molecule has 0 aromatic rings. The molecule has 2 N–H and O–H groups in total. The van der Waals surface area contributed by atoms with Gasteiger partial charge in [0.1, 0.15) is 0 Å². The van der Waals surface area contributed by atoms with Gasteiger partial charge in [0.25, 0.3) is 0 Å². The molecule has 1 aliphatic heterocycles. The lowest BCUT2D eigenvalue weighted by Gasteiger charge is -2.31. The minimum atomic E-state index is -3.00. The molecule has 0 radical (unpaired) electrons. The van der Waals surface area contributed by atoms with Crippen molar-refractivity contribution in [1.82, 2.24) is 15.5 Å². The van der Waals surface area contributed by atoms with Crippen LogP contribution in [0, 0.1) is 0 Å². The van der Waals surface area contributed by atoms with E-state index in [2.05, 4.69) is 15.5 Å². The van der Waals surface area contributed by atoms with Gasteiger partial charge in [-0.3, -0.25) is 9.69 Å². The van der Waals surface area contributed by atoms with Crippen molar-refractivity contribution < 1.29 is 13.2 Å². The summed E-state index contributed by atoms with van der Waals surface area (Å²) in [5.74, 6) is 0.0444. The van der Waals surface area contributed by atoms with Crippen molar-refractivity contribution >= 4 is 15.7 Å². The van der Waals surface area contributed by atoms with E-state index in [9.17, 15) is 13.2 Å². The Morgan fingerprint density at radius 2 is 2.00 bits per heavy atom. The topological polar surface area (TPSA) is 78.5 Å². The first kappa shape index (κ1) is 15.4. The summed E-state index contributed by atoms with van der Waals surface area (Å²) in [6.45, 7) is 7.15. The van der Waals surface area contributed by atoms with E-state index >= 15 is 0 Å². The van der Waals surface area contributed by atoms with Crippen LogP contribution in [0.15, 0.2) is 0 Å². The number of nitrogens with one attached hydrogen (secondary N) is 2. The summed E-state index contributed by atoms with van der Waals surface area (Å²) in [7, 11) is -3.00. The molecule has 0 aromatic carbocycles. The minimum absolute atomic E-state index is 0.0174. The minimum Gasteiger partial charge on any atom is -0.354 e. The lowest BCUT2D eigenvalue weighted by Crippen LogP contribution is -2.53. The molecule has 1 aliphatic rings. The highest BCUT2D eigenvalue weighted by Crippen LogP contribution is 2.00. The molecular formula is C11H23N3O3S. The molecule has 1 unspecified atom stereocenters. The lowest BCUT2D eigenvalue weighted by molar-refractivity contribution is -0.125. The van der Waals surface area contributed by atoms with Crippen LogP contribution in [-0.4, -0.2) is 69.5 Å². The predicted molar refractivity (Wildman–Crippen MR) is 71.2 cm³/mol. The number of rotatable bonds is 6. The van der Waals surface area contributed by atoms with Gasteiger partial charge in [-0.2, -0.15) is 0 Å². The van der Waals surface area contributed by atoms with E-state index < -0.39 is 9.84 Å². The van der Waals surface area contributed by atoms with Crippen LogP contribution >= 0.6 is 0 Å². The van der Waals surface area contributed by atoms with Crippen molar-refractivity contribution in [2.24, 2.45) is 0 Å². The van der Waals surface area contributed by atoms with Gasteiger partial charge in [0.2, 0.25) is 5.91 Å². The highest BCUT2D eigenvalue weighted by atomic mass is 32.2. The molecular weight excluding hydrogens is 254 g/mol. The summed E-state index contributed by atoms with van der Waals surface area (Å²) in [6.07, 6.45) is 0. The number of sulfone groups is 1. The van der Waals surface area contributed by atoms with E-state index in [1.807, 2.05) is 6.92 Å². The third-order valence-electron chi connectivity index (χ3n) is 3.23. The third-order valence-corrected chi connectivity index (χ3v) is 4.94. The second kappa shape index (κ2) is 7.06. The average molecular weight is 277 g/mol. The Hall–Kier alpha value is -0.660. The molecule has 1 amide bonds. The van der Waals surface area contributed by atoms with Crippen LogP contribution in [-0.2, 0) is 14.6 Å². The summed E-state index contributed by atoms with van der Waals surface area (Å²) in [5, 5.41) is 5.92. The van der Waals surface area contributed by atoms with Gasteiger partial charge in [-0.1, -0.05) is 6.92 Å². The molecule has 6 nitrogen and oxygen atoms in total. The Kier molecular flexibility index (Phi) is 6.04. The zero-order chi connectivity index (χ0) is 13.6. The average Bonchev–Trinajstić information content (AvgIpc) is 2.38. The fraction of sp³-hybridized carbons (Fsp3) is 0.909. The Morgan fingerprint density at radius 3 is 2.56 bits per heavy atom. The Labute approximate surface area is 109 Å². The highest BCUT2D eigenvalue weighted by molar-refractivity contribution is 7.91. The van der Waals surface area contributed by atoms with Crippen LogP contribution in [0.5, 0.6) is 0 Å². The van der Waals surface area contributed by atoms with Crippen LogP contribution in [0.3, 0.4) is 0 Å². The largest absolute Gasteiger partial charge is 0.354 e. The monoisotopic (exact) mass is 277 g/mol. The molecule has 1 fully saturated rings. The van der Waals surface area contributed by atoms with Gasteiger partial charge in [0, 0.05) is 38.5 Å². The van der Waals surface area contributed by atoms with Gasteiger partial charge >= 0.3 is 0 Å². The summed E-state index contributed by atoms with van der Waals surface area (Å²) >= 11 is 0. The molecule has 7 heteroatoms. The molecule has 0 bridgehead atoms. The summed E-state index contributed by atoms with van der Waals surface area (Å²) in [5.41, 5.74) is 0. The van der Waals surface area contributed by atoms with Crippen LogP contribution in [0.25, 0.3) is 0 Å². The molecule has 0 spiro atoms. The van der Waals surface area contributed by atoms with Crippen molar-refractivity contribution in [2.75, 3.05) is 44.2 Å². The third kappa shape index (κ3) is 4.91. The maximum atomic E-state index is 11.8. The zero-order valence-electron chi connectivity index (χ0n) is 11.1. The van der Waals surface area contributed by atoms with E-state index in [-0.39, 0.29) is 30.0 Å². The molecule has 1 saturated heterocycles. The highest BCUT2D eigenvalue weighted by Gasteiger charge is 2.22. The SMILES string of the molecule is CCS(=O)(=O)CCNC(=O)C(C)N1CCNCC1. The predicted octanol–water partition coefficient (Wildman–Crippen LogP) is -1.17. The van der Waals surface area contributed by atoms with Crippen LogP contribution in [0.4, 0.5) is 0 Å². The number of hydrogen-bond acceptors (Lipinski definition) is 5. The maximum absolute atomic E-state index is 11.8. The van der Waals surface area contributed by atoms with Crippen molar-refractivity contribution in [3.05, 3.63) is 0 Å². The van der Waals surface area contributed by atoms with E-state index in [4.69, 9.17) is 0 Å². The van der Waals surface area contributed by atoms with Crippen LogP contribution in [0.2, 0.25) is 0 Å². The summed E-state index contributed by atoms with van der Waals surface area (Å²) in [6, 6.07) is -0.198. The first-order valence-corrected chi connectivity index (χ1v) is 8.21. The van der Waals surface area contributed by atoms with E-state index in [1.165, 1.54) is 0 Å². The first-order chi connectivity index (χ1) is 8.46. The maximum Gasteiger partial charge on any atom is 0.237 e. The van der Waals surface area contributed by atoms with Crippen LogP contribution in [0.1, 0.15) is 13.8 Å². The fourth-order valence-corrected chi connectivity index (χ4v) is 2.56. The van der Waals surface area contributed by atoms with E-state index in [1.54, 1.807) is 6.92 Å². The fourth-order valence-electron chi connectivity index (χ4n) is 1.86. The second-order valence-corrected chi connectivity index (χ2v) is 6.96. The normalized spacial score (nSPS) is 19.4. The van der Waals surface area contributed by atoms with Crippen molar-refractivity contribution in [3.8, 4) is 0 Å². The molecule has 1 heterocycles. The van der Waals surface area contributed by atoms with E-state index in [0.717, 1.165) is 26.2 Å². The van der Waals surface area contributed by atoms with Gasteiger partial charge < -0.3 is 10.6 Å². The molecule has 18 heavy (non-hydrogen) atoms. The standard InChI is InChI=1S/C11H23N3O3S/c1-3-18(16,17)9-6-13-11(15)10(2)14-7-4-12-5-8-14/h10,12H,3-9H2,1-2H3,(H,13,15). The van der Waals surface area contributed by atoms with Crippen LogP contribution < -0.4 is 10.6 Å². The quantitative estimate of drug-likeness (QED) is 0.640. The summed E-state index contributed by atoms with van der Waals surface area (Å²) < 4.78 is 22.6. The zero-order valence-corrected chi connectivity index (χ0v) is 11.9. The number of carbonyl (C=O) groups is 1. The van der Waals surface area contributed by atoms with Crippen molar-refractivity contribution in [1.29, 1.82) is 0 Å². The Bertz CT molecular complexity index is 364. The van der Waals surface area contributed by atoms with Gasteiger partial charge in [-0.25, -0.2) is 8.42 Å². The van der Waals surface area contributed by atoms with Crippen molar-refractivity contribution in [2.45, 2.75) is 19.9 Å². The molecule has 0 aromatic heterocycles. The molecule has 1 atom stereocenters. The first-order valence-electron chi connectivity index (χ1n) is 6.39. The van der Waals surface area contributed by atoms with Crippen molar-refractivity contribution in [3.63, 3.8) is 0 Å². The second-order valence-electron chi connectivity index (χ2n) is 4.49. The number of piperazine rings is 1. The summed E-state index contributed by atoms with van der Waals surface area (Å²) in [4.78, 5) is 13.9. The molecule has 1 rings (SSSR count). The molecule has 0 aliphatic carbocycles. The van der Waals surface area contributed by atoms with Gasteiger partial charge in [-0.15, -0.1) is 0 Å². The number of hydrogen-bond donors (Lipinski definition) is 2. The molecule has 0 saturated carbocycles. The number of amides is 1. The smallest absolute Gasteiger partial charge is 0.237 e. The lowest BCUT2D eigenvalue weighted by atomic mass is 10.2. The van der Waals surface area contributed by atoms with Gasteiger partial charge in [-0.05, 0) is 6.92 Å². The van der Waals surface area contributed by atoms with E-state index in [0.29, 0.717) is 0 Å². The molecule has 106 valence electrons.